The highest BCUT2D eigenvalue weighted by atomic mass is 16.5. The second-order valence-corrected chi connectivity index (χ2v) is 5.76. The second kappa shape index (κ2) is 5.51. The molecule has 0 bridgehead atoms. The molecule has 2 N–H and O–H groups in total. The Kier molecular flexibility index (Phi) is 3.72. The molecule has 1 atom stereocenters. The third-order valence-corrected chi connectivity index (χ3v) is 4.66. The van der Waals surface area contributed by atoms with Crippen molar-refractivity contribution in [3.8, 4) is 0 Å². The first kappa shape index (κ1) is 13.5. The molecular weight excluding hydrogens is 248 g/mol. The van der Waals surface area contributed by atoms with Gasteiger partial charge >= 0.3 is 0 Å². The van der Waals surface area contributed by atoms with E-state index in [-0.39, 0.29) is 11.6 Å². The van der Waals surface area contributed by atoms with Crippen LogP contribution in [-0.2, 0) is 4.74 Å². The van der Waals surface area contributed by atoms with Gasteiger partial charge in [0.2, 0.25) is 0 Å². The Labute approximate surface area is 120 Å². The fraction of sp³-hybridized carbons (Fsp3) is 0.471. The average molecular weight is 270 g/mol. The van der Waals surface area contributed by atoms with E-state index in [2.05, 4.69) is 29.2 Å². The molecule has 0 aliphatic heterocycles. The number of benzene rings is 1. The highest BCUT2D eigenvalue weighted by molar-refractivity contribution is 5.79. The molecule has 0 saturated heterocycles. The van der Waals surface area contributed by atoms with Gasteiger partial charge in [0.05, 0.1) is 17.2 Å². The van der Waals surface area contributed by atoms with Crippen molar-refractivity contribution in [3.05, 3.63) is 42.1 Å². The molecule has 106 valence electrons. The van der Waals surface area contributed by atoms with Crippen molar-refractivity contribution >= 4 is 10.9 Å². The number of nitrogens with zero attached hydrogens (tertiary/aromatic N) is 1. The molecule has 0 spiro atoms. The predicted molar refractivity (Wildman–Crippen MR) is 81.5 cm³/mol. The summed E-state index contributed by atoms with van der Waals surface area (Å²) in [5, 5.41) is 1.14. The number of fused-ring (bicyclic) bond motifs is 1. The number of hydrogen-bond donors (Lipinski definition) is 1. The summed E-state index contributed by atoms with van der Waals surface area (Å²) < 4.78 is 5.87. The molecule has 2 aromatic rings. The maximum atomic E-state index is 6.56. The Balaban J connectivity index is 1.96. The molecule has 1 heterocycles. The van der Waals surface area contributed by atoms with Gasteiger partial charge in [-0.25, -0.2) is 0 Å². The van der Waals surface area contributed by atoms with Crippen LogP contribution in [-0.4, -0.2) is 17.7 Å². The molecule has 20 heavy (non-hydrogen) atoms. The Hall–Kier alpha value is -1.45. The third-order valence-electron chi connectivity index (χ3n) is 4.66. The summed E-state index contributed by atoms with van der Waals surface area (Å²) >= 11 is 0. The number of aromatic nitrogens is 1. The first-order chi connectivity index (χ1) is 9.75. The van der Waals surface area contributed by atoms with Gasteiger partial charge in [0.1, 0.15) is 0 Å². The molecule has 1 aromatic heterocycles. The molecule has 0 amide bonds. The van der Waals surface area contributed by atoms with Crippen LogP contribution < -0.4 is 5.73 Å². The predicted octanol–water partition coefficient (Wildman–Crippen LogP) is 3.58. The zero-order valence-corrected chi connectivity index (χ0v) is 12.0. The van der Waals surface area contributed by atoms with E-state index in [0.29, 0.717) is 0 Å². The van der Waals surface area contributed by atoms with Gasteiger partial charge in [-0.1, -0.05) is 31.4 Å². The standard InChI is InChI=1S/C17H22N2O/c1-20-17(9-3-2-4-10-17)16(18)14-7-8-15-13(12-14)6-5-11-19-15/h5-8,11-12,16H,2-4,9-10,18H2,1H3. The van der Waals surface area contributed by atoms with Crippen LogP contribution in [0.3, 0.4) is 0 Å². The highest BCUT2D eigenvalue weighted by Gasteiger charge is 2.38. The van der Waals surface area contributed by atoms with Gasteiger partial charge in [-0.3, -0.25) is 4.98 Å². The van der Waals surface area contributed by atoms with Crippen molar-refractivity contribution in [2.75, 3.05) is 7.11 Å². The van der Waals surface area contributed by atoms with Gasteiger partial charge in [0.15, 0.2) is 0 Å². The normalized spacial score (nSPS) is 19.9. The van der Waals surface area contributed by atoms with E-state index >= 15 is 0 Å². The maximum Gasteiger partial charge on any atom is 0.0870 e. The van der Waals surface area contributed by atoms with E-state index in [9.17, 15) is 0 Å². The monoisotopic (exact) mass is 270 g/mol. The highest BCUT2D eigenvalue weighted by Crippen LogP contribution is 2.40. The summed E-state index contributed by atoms with van der Waals surface area (Å²) in [5.41, 5.74) is 8.52. The van der Waals surface area contributed by atoms with Crippen molar-refractivity contribution in [2.24, 2.45) is 5.73 Å². The van der Waals surface area contributed by atoms with Gasteiger partial charge in [0.25, 0.3) is 0 Å². The molecule has 3 nitrogen and oxygen atoms in total. The zero-order chi connectivity index (χ0) is 14.0. The summed E-state index contributed by atoms with van der Waals surface area (Å²) in [4.78, 5) is 4.36. The van der Waals surface area contributed by atoms with E-state index in [4.69, 9.17) is 10.5 Å². The van der Waals surface area contributed by atoms with Crippen molar-refractivity contribution in [1.29, 1.82) is 0 Å². The number of rotatable bonds is 3. The Morgan fingerprint density at radius 2 is 2.00 bits per heavy atom. The van der Waals surface area contributed by atoms with Crippen LogP contribution in [0.4, 0.5) is 0 Å². The van der Waals surface area contributed by atoms with E-state index < -0.39 is 0 Å². The summed E-state index contributed by atoms with van der Waals surface area (Å²) in [6, 6.07) is 10.3. The lowest BCUT2D eigenvalue weighted by atomic mass is 9.77. The van der Waals surface area contributed by atoms with Gasteiger partial charge in [-0.05, 0) is 36.6 Å². The number of hydrogen-bond acceptors (Lipinski definition) is 3. The smallest absolute Gasteiger partial charge is 0.0870 e. The molecule has 1 saturated carbocycles. The van der Waals surface area contributed by atoms with E-state index in [1.807, 2.05) is 12.3 Å². The van der Waals surface area contributed by atoms with Gasteiger partial charge in [-0.15, -0.1) is 0 Å². The van der Waals surface area contributed by atoms with Crippen molar-refractivity contribution in [3.63, 3.8) is 0 Å². The van der Waals surface area contributed by atoms with E-state index in [1.165, 1.54) is 19.3 Å². The first-order valence-electron chi connectivity index (χ1n) is 7.41. The lowest BCUT2D eigenvalue weighted by Gasteiger charge is -2.41. The largest absolute Gasteiger partial charge is 0.376 e. The average Bonchev–Trinajstić information content (AvgIpc) is 2.54. The van der Waals surface area contributed by atoms with Crippen LogP contribution >= 0.6 is 0 Å². The minimum Gasteiger partial charge on any atom is -0.376 e. The van der Waals surface area contributed by atoms with Crippen LogP contribution in [0.15, 0.2) is 36.5 Å². The molecule has 3 rings (SSSR count). The van der Waals surface area contributed by atoms with Crippen molar-refractivity contribution in [1.82, 2.24) is 4.98 Å². The summed E-state index contributed by atoms with van der Waals surface area (Å²) in [7, 11) is 1.80. The number of nitrogens with two attached hydrogens (primary N) is 1. The van der Waals surface area contributed by atoms with Crippen LogP contribution in [0.2, 0.25) is 0 Å². The van der Waals surface area contributed by atoms with E-state index in [1.54, 1.807) is 7.11 Å². The number of methoxy groups -OCH3 is 1. The molecule has 1 unspecified atom stereocenters. The van der Waals surface area contributed by atoms with Crippen molar-refractivity contribution < 1.29 is 4.74 Å². The van der Waals surface area contributed by atoms with Gasteiger partial charge in [0, 0.05) is 18.7 Å². The lowest BCUT2D eigenvalue weighted by Crippen LogP contribution is -2.44. The van der Waals surface area contributed by atoms with Crippen molar-refractivity contribution in [2.45, 2.75) is 43.7 Å². The first-order valence-corrected chi connectivity index (χ1v) is 7.41. The van der Waals surface area contributed by atoms with Crippen LogP contribution in [0.25, 0.3) is 10.9 Å². The molecule has 0 radical (unpaired) electrons. The number of ether oxygens (including phenoxy) is 1. The Morgan fingerprint density at radius 3 is 2.75 bits per heavy atom. The topological polar surface area (TPSA) is 48.1 Å². The Morgan fingerprint density at radius 1 is 1.20 bits per heavy atom. The molecule has 1 aliphatic carbocycles. The van der Waals surface area contributed by atoms with Crippen LogP contribution in [0.1, 0.15) is 43.7 Å². The fourth-order valence-electron chi connectivity index (χ4n) is 3.38. The SMILES string of the molecule is COC1(C(N)c2ccc3ncccc3c2)CCCCC1. The maximum absolute atomic E-state index is 6.56. The summed E-state index contributed by atoms with van der Waals surface area (Å²) in [6.45, 7) is 0. The third kappa shape index (κ3) is 2.32. The minimum atomic E-state index is -0.200. The molecule has 1 aliphatic rings. The Bertz CT molecular complexity index is 590. The molecular formula is C17H22N2O. The molecule has 1 fully saturated rings. The van der Waals surface area contributed by atoms with E-state index in [0.717, 1.165) is 29.3 Å². The second-order valence-electron chi connectivity index (χ2n) is 5.76. The molecule has 1 aromatic carbocycles. The number of pyridine rings is 1. The zero-order valence-electron chi connectivity index (χ0n) is 12.0. The summed E-state index contributed by atoms with van der Waals surface area (Å²) in [5.74, 6) is 0. The minimum absolute atomic E-state index is 0.0718. The fourth-order valence-corrected chi connectivity index (χ4v) is 3.38. The van der Waals surface area contributed by atoms with Crippen LogP contribution in [0, 0.1) is 0 Å². The summed E-state index contributed by atoms with van der Waals surface area (Å²) in [6.07, 6.45) is 7.62. The lowest BCUT2D eigenvalue weighted by molar-refractivity contribution is -0.0595. The van der Waals surface area contributed by atoms with Gasteiger partial charge in [-0.2, -0.15) is 0 Å². The van der Waals surface area contributed by atoms with Crippen LogP contribution in [0.5, 0.6) is 0 Å². The van der Waals surface area contributed by atoms with Gasteiger partial charge < -0.3 is 10.5 Å². The molecule has 3 heteroatoms. The quantitative estimate of drug-likeness (QED) is 0.927.